The quantitative estimate of drug-likeness (QED) is 0.164. The second kappa shape index (κ2) is 15.5. The molecule has 1 saturated heterocycles. The largest absolute Gasteiger partial charge is 0.378 e. The van der Waals surface area contributed by atoms with E-state index in [0.29, 0.717) is 54.6 Å². The molecule has 4 rings (SSSR count). The zero-order valence-electron chi connectivity index (χ0n) is 22.1. The topological polar surface area (TPSA) is 133 Å². The van der Waals surface area contributed by atoms with Gasteiger partial charge in [0.2, 0.25) is 5.95 Å². The van der Waals surface area contributed by atoms with Crippen molar-refractivity contribution >= 4 is 29.0 Å². The van der Waals surface area contributed by atoms with Crippen LogP contribution in [0.1, 0.15) is 44.2 Å². The highest BCUT2D eigenvalue weighted by atomic mass is 19.1. The van der Waals surface area contributed by atoms with Crippen LogP contribution < -0.4 is 20.9 Å². The summed E-state index contributed by atoms with van der Waals surface area (Å²) in [6.45, 7) is 4.24. The maximum absolute atomic E-state index is 12.5. The van der Waals surface area contributed by atoms with Gasteiger partial charge in [-0.05, 0) is 24.8 Å². The van der Waals surface area contributed by atoms with Crippen molar-refractivity contribution in [3.63, 3.8) is 0 Å². The Morgan fingerprint density at radius 1 is 1.11 bits per heavy atom. The van der Waals surface area contributed by atoms with Crippen LogP contribution in [0.2, 0.25) is 0 Å². The highest BCUT2D eigenvalue weighted by molar-refractivity contribution is 6.04. The van der Waals surface area contributed by atoms with Crippen molar-refractivity contribution in [2.24, 2.45) is 5.92 Å². The Kier molecular flexibility index (Phi) is 11.4. The van der Waals surface area contributed by atoms with Crippen LogP contribution in [0.25, 0.3) is 0 Å². The number of rotatable bonds is 14. The maximum atomic E-state index is 12.5. The number of anilines is 4. The number of hydrogen-bond donors (Lipinski definition) is 4. The summed E-state index contributed by atoms with van der Waals surface area (Å²) in [5, 5.41) is 18.9. The molecule has 4 N–H and O–H groups in total. The molecule has 11 nitrogen and oxygen atoms in total. The molecule has 2 aromatic heterocycles. The predicted octanol–water partition coefficient (Wildman–Crippen LogP) is 3.17. The lowest BCUT2D eigenvalue weighted by atomic mass is 10.0. The molecule has 0 unspecified atom stereocenters. The number of hydrogen-bond acceptors (Lipinski definition) is 11. The number of alkyl halides is 1. The van der Waals surface area contributed by atoms with Gasteiger partial charge >= 0.3 is 0 Å². The van der Waals surface area contributed by atoms with E-state index in [0.717, 1.165) is 26.2 Å². The van der Waals surface area contributed by atoms with Crippen molar-refractivity contribution in [3.8, 4) is 0 Å². The number of aromatic nitrogens is 4. The third-order valence-corrected chi connectivity index (χ3v) is 6.76. The first-order valence-electron chi connectivity index (χ1n) is 13.7. The van der Waals surface area contributed by atoms with E-state index >= 15 is 0 Å². The lowest BCUT2D eigenvalue weighted by molar-refractivity contribution is 0.123. The van der Waals surface area contributed by atoms with Crippen molar-refractivity contribution in [2.45, 2.75) is 38.5 Å². The van der Waals surface area contributed by atoms with Crippen LogP contribution in [0.3, 0.4) is 0 Å². The Bertz CT molecular complexity index is 984. The molecule has 0 aromatic carbocycles. The normalized spacial score (nSPS) is 16.7. The summed E-state index contributed by atoms with van der Waals surface area (Å²) in [6, 6.07) is 1.75. The number of ether oxygens (including phenoxy) is 2. The fraction of sp³-hybridized carbons (Fsp3) is 0.654. The lowest BCUT2D eigenvalue weighted by Crippen LogP contribution is -2.44. The van der Waals surface area contributed by atoms with Crippen molar-refractivity contribution in [1.29, 1.82) is 5.41 Å². The van der Waals surface area contributed by atoms with Gasteiger partial charge in [0.05, 0.1) is 25.5 Å². The van der Waals surface area contributed by atoms with Gasteiger partial charge in [-0.15, -0.1) is 0 Å². The predicted molar refractivity (Wildman–Crippen MR) is 147 cm³/mol. The highest BCUT2D eigenvalue weighted by Gasteiger charge is 2.23. The fourth-order valence-corrected chi connectivity index (χ4v) is 4.75. The Morgan fingerprint density at radius 2 is 1.92 bits per heavy atom. The van der Waals surface area contributed by atoms with E-state index in [1.807, 2.05) is 0 Å². The summed E-state index contributed by atoms with van der Waals surface area (Å²) < 4.78 is 23.8. The summed E-state index contributed by atoms with van der Waals surface area (Å²) in [5.74, 6) is 2.17. The number of nitrogens with one attached hydrogen (secondary N) is 4. The molecule has 2 fully saturated rings. The van der Waals surface area contributed by atoms with Gasteiger partial charge in [-0.1, -0.05) is 25.7 Å². The van der Waals surface area contributed by atoms with E-state index in [-0.39, 0.29) is 18.9 Å². The second-order valence-electron chi connectivity index (χ2n) is 9.63. The maximum Gasteiger partial charge on any atom is 0.228 e. The van der Waals surface area contributed by atoms with E-state index in [1.165, 1.54) is 44.9 Å². The van der Waals surface area contributed by atoms with Gasteiger partial charge in [0.1, 0.15) is 30.2 Å². The van der Waals surface area contributed by atoms with Crippen LogP contribution in [-0.4, -0.2) is 91.5 Å². The van der Waals surface area contributed by atoms with Crippen molar-refractivity contribution < 1.29 is 13.9 Å². The van der Waals surface area contributed by atoms with Crippen molar-refractivity contribution in [3.05, 3.63) is 24.3 Å². The second-order valence-corrected chi connectivity index (χ2v) is 9.63. The van der Waals surface area contributed by atoms with Crippen LogP contribution in [0.5, 0.6) is 0 Å². The van der Waals surface area contributed by atoms with E-state index in [2.05, 4.69) is 30.8 Å². The van der Waals surface area contributed by atoms with Crippen LogP contribution in [0, 0.1) is 11.3 Å². The molecule has 3 heterocycles. The van der Waals surface area contributed by atoms with Crippen LogP contribution in [0.4, 0.5) is 27.7 Å². The summed E-state index contributed by atoms with van der Waals surface area (Å²) in [5.41, 5.74) is 1.31. The molecular formula is C26H40FN9O2. The standard InChI is InChI=1S/C26H40FN9O2/c27-8-15-37-16-12-31-24-23(21(28)18-38-17-20-5-3-1-2-4-6-20)34-26(36-13-10-29-11-14-36)35-25(24)33-22-7-9-30-19-32-22/h7,9,19-20,28-29,31H,1-6,8,10-18H2,(H,30,32,33,34,35). The van der Waals surface area contributed by atoms with Crippen LogP contribution in [0.15, 0.2) is 18.6 Å². The Labute approximate surface area is 223 Å². The lowest BCUT2D eigenvalue weighted by Gasteiger charge is -2.29. The SMILES string of the molecule is N=C(COCC1CCCCCC1)c1nc(N2CCNCC2)nc(Nc2ccncn2)c1NCCOCCF. The first-order valence-corrected chi connectivity index (χ1v) is 13.7. The van der Waals surface area contributed by atoms with Gasteiger partial charge in [0, 0.05) is 45.5 Å². The molecule has 1 aliphatic heterocycles. The minimum atomic E-state index is -0.531. The van der Waals surface area contributed by atoms with Gasteiger partial charge in [-0.2, -0.15) is 4.98 Å². The third kappa shape index (κ3) is 8.53. The van der Waals surface area contributed by atoms with E-state index in [1.54, 1.807) is 12.3 Å². The van der Waals surface area contributed by atoms with Gasteiger partial charge < -0.3 is 35.7 Å². The van der Waals surface area contributed by atoms with Gasteiger partial charge in [-0.25, -0.2) is 19.3 Å². The van der Waals surface area contributed by atoms with Gasteiger partial charge in [-0.3, -0.25) is 0 Å². The summed E-state index contributed by atoms with van der Waals surface area (Å²) in [6.07, 6.45) is 10.6. The Balaban J connectivity index is 1.57. The van der Waals surface area contributed by atoms with Crippen LogP contribution >= 0.6 is 0 Å². The van der Waals surface area contributed by atoms with Crippen molar-refractivity contribution in [2.75, 3.05) is 81.4 Å². The van der Waals surface area contributed by atoms with E-state index < -0.39 is 6.67 Å². The molecule has 12 heteroatoms. The molecule has 2 aliphatic rings. The minimum Gasteiger partial charge on any atom is -0.378 e. The first-order chi connectivity index (χ1) is 18.7. The van der Waals surface area contributed by atoms with Gasteiger partial charge in [0.25, 0.3) is 0 Å². The first kappa shape index (κ1) is 28.1. The van der Waals surface area contributed by atoms with Crippen molar-refractivity contribution in [1.82, 2.24) is 25.3 Å². The molecule has 2 aromatic rings. The molecule has 1 saturated carbocycles. The fourth-order valence-electron chi connectivity index (χ4n) is 4.75. The number of nitrogens with zero attached hydrogens (tertiary/aromatic N) is 5. The monoisotopic (exact) mass is 529 g/mol. The summed E-state index contributed by atoms with van der Waals surface area (Å²) in [7, 11) is 0. The molecule has 0 spiro atoms. The zero-order chi connectivity index (χ0) is 26.4. The molecule has 38 heavy (non-hydrogen) atoms. The smallest absolute Gasteiger partial charge is 0.228 e. The average Bonchev–Trinajstić information content (AvgIpc) is 3.23. The van der Waals surface area contributed by atoms with Gasteiger partial charge in [0.15, 0.2) is 5.82 Å². The number of piperazine rings is 1. The Hall–Kier alpha value is -2.96. The molecule has 0 amide bonds. The minimum absolute atomic E-state index is 0.0455. The summed E-state index contributed by atoms with van der Waals surface area (Å²) >= 11 is 0. The highest BCUT2D eigenvalue weighted by Crippen LogP contribution is 2.29. The molecule has 208 valence electrons. The van der Waals surface area contributed by atoms with E-state index in [9.17, 15) is 4.39 Å². The van der Waals surface area contributed by atoms with Crippen LogP contribution in [-0.2, 0) is 9.47 Å². The molecule has 0 atom stereocenters. The number of halogens is 1. The summed E-state index contributed by atoms with van der Waals surface area (Å²) in [4.78, 5) is 20.1. The third-order valence-electron chi connectivity index (χ3n) is 6.76. The van der Waals surface area contributed by atoms with E-state index in [4.69, 9.17) is 24.9 Å². The molecular weight excluding hydrogens is 489 g/mol. The molecule has 0 radical (unpaired) electrons. The average molecular weight is 530 g/mol. The molecule has 0 bridgehead atoms. The molecule has 1 aliphatic carbocycles. The Morgan fingerprint density at radius 3 is 2.66 bits per heavy atom. The zero-order valence-corrected chi connectivity index (χ0v) is 22.1.